The first-order valence-corrected chi connectivity index (χ1v) is 9.47. The lowest BCUT2D eigenvalue weighted by molar-refractivity contribution is -0.118. The van der Waals surface area contributed by atoms with Gasteiger partial charge < -0.3 is 9.30 Å². The number of Topliss-reactive ketones (excluding diaryl/α,β-unsaturated/α-hetero) is 1. The van der Waals surface area contributed by atoms with Gasteiger partial charge in [0.25, 0.3) is 0 Å². The summed E-state index contributed by atoms with van der Waals surface area (Å²) in [7, 11) is 1.93. The highest BCUT2D eigenvalue weighted by Gasteiger charge is 2.18. The second-order valence-corrected chi connectivity index (χ2v) is 7.99. The number of para-hydroxylation sites is 2. The first kappa shape index (κ1) is 19.8. The molecular formula is C23H26N2O3. The van der Waals surface area contributed by atoms with Crippen LogP contribution in [0.5, 0.6) is 0 Å². The molecule has 146 valence electrons. The highest BCUT2D eigenvalue weighted by Crippen LogP contribution is 2.17. The Morgan fingerprint density at radius 3 is 2.54 bits per heavy atom. The summed E-state index contributed by atoms with van der Waals surface area (Å²) in [5.41, 5.74) is 2.85. The molecular weight excluding hydrogens is 352 g/mol. The minimum atomic E-state index is -0.533. The Bertz CT molecular complexity index is 1010. The Hall–Kier alpha value is -2.95. The predicted molar refractivity (Wildman–Crippen MR) is 109 cm³/mol. The molecule has 3 aromatic rings. The quantitative estimate of drug-likeness (QED) is 0.601. The van der Waals surface area contributed by atoms with Crippen LogP contribution in [0, 0.1) is 0 Å². The third kappa shape index (κ3) is 4.85. The molecule has 1 heterocycles. The molecule has 0 aliphatic carbocycles. The Morgan fingerprint density at radius 1 is 1.07 bits per heavy atom. The zero-order chi connectivity index (χ0) is 20.3. The number of fused-ring (bicyclic) bond motifs is 1. The Labute approximate surface area is 165 Å². The number of esters is 1. The van der Waals surface area contributed by atoms with E-state index in [0.29, 0.717) is 24.8 Å². The van der Waals surface area contributed by atoms with Gasteiger partial charge in [0.15, 0.2) is 0 Å². The third-order valence-corrected chi connectivity index (χ3v) is 4.49. The van der Waals surface area contributed by atoms with Crippen molar-refractivity contribution in [2.45, 2.75) is 45.6 Å². The fourth-order valence-electron chi connectivity index (χ4n) is 3.09. The lowest BCUT2D eigenvalue weighted by atomic mass is 10.0. The molecule has 0 aliphatic heterocycles. The van der Waals surface area contributed by atoms with Gasteiger partial charge in [-0.3, -0.25) is 4.79 Å². The van der Waals surface area contributed by atoms with Gasteiger partial charge in [-0.15, -0.1) is 0 Å². The van der Waals surface area contributed by atoms with Crippen molar-refractivity contribution < 1.29 is 14.3 Å². The number of carbonyl (C=O) groups is 2. The summed E-state index contributed by atoms with van der Waals surface area (Å²) in [5, 5.41) is 0. The van der Waals surface area contributed by atoms with Crippen molar-refractivity contribution in [3.05, 3.63) is 65.5 Å². The average molecular weight is 378 g/mol. The molecule has 0 saturated heterocycles. The van der Waals surface area contributed by atoms with Gasteiger partial charge >= 0.3 is 5.97 Å². The number of ether oxygens (including phenoxy) is 1. The van der Waals surface area contributed by atoms with E-state index in [4.69, 9.17) is 4.74 Å². The zero-order valence-electron chi connectivity index (χ0n) is 16.9. The van der Waals surface area contributed by atoms with E-state index in [0.717, 1.165) is 22.4 Å². The van der Waals surface area contributed by atoms with Crippen LogP contribution in [-0.2, 0) is 29.4 Å². The van der Waals surface area contributed by atoms with Crippen LogP contribution in [-0.4, -0.2) is 26.9 Å². The maximum absolute atomic E-state index is 12.5. The SMILES string of the molecule is Cn1c(CC(=O)CCc2cccc(C(=O)OC(C)(C)C)c2)nc2ccccc21. The van der Waals surface area contributed by atoms with Crippen molar-refractivity contribution in [1.29, 1.82) is 0 Å². The summed E-state index contributed by atoms with van der Waals surface area (Å²) in [4.78, 5) is 29.3. The van der Waals surface area contributed by atoms with Crippen LogP contribution < -0.4 is 0 Å². The maximum atomic E-state index is 12.5. The van der Waals surface area contributed by atoms with Crippen LogP contribution in [0.4, 0.5) is 0 Å². The number of nitrogens with zero attached hydrogens (tertiary/aromatic N) is 2. The Balaban J connectivity index is 1.62. The normalized spacial score (nSPS) is 11.6. The minimum absolute atomic E-state index is 0.126. The zero-order valence-corrected chi connectivity index (χ0v) is 16.9. The van der Waals surface area contributed by atoms with E-state index in [9.17, 15) is 9.59 Å². The van der Waals surface area contributed by atoms with Crippen molar-refractivity contribution >= 4 is 22.8 Å². The van der Waals surface area contributed by atoms with Gasteiger partial charge in [0.1, 0.15) is 17.2 Å². The number of benzene rings is 2. The Morgan fingerprint density at radius 2 is 1.82 bits per heavy atom. The van der Waals surface area contributed by atoms with Crippen LogP contribution in [0.3, 0.4) is 0 Å². The van der Waals surface area contributed by atoms with Gasteiger partial charge in [0.05, 0.1) is 23.0 Å². The van der Waals surface area contributed by atoms with Crippen molar-refractivity contribution in [2.24, 2.45) is 7.05 Å². The molecule has 0 atom stereocenters. The van der Waals surface area contributed by atoms with Gasteiger partial charge in [0.2, 0.25) is 0 Å². The molecule has 0 fully saturated rings. The lowest BCUT2D eigenvalue weighted by Crippen LogP contribution is -2.23. The predicted octanol–water partition coefficient (Wildman–Crippen LogP) is 4.27. The fraction of sp³-hybridized carbons (Fsp3) is 0.348. The highest BCUT2D eigenvalue weighted by molar-refractivity contribution is 5.90. The Kier molecular flexibility index (Phi) is 5.63. The van der Waals surface area contributed by atoms with Gasteiger partial charge in [-0.1, -0.05) is 24.3 Å². The smallest absolute Gasteiger partial charge is 0.338 e. The number of carbonyl (C=O) groups excluding carboxylic acids is 2. The van der Waals surface area contributed by atoms with E-state index in [2.05, 4.69) is 4.98 Å². The van der Waals surface area contributed by atoms with Crippen molar-refractivity contribution in [3.63, 3.8) is 0 Å². The molecule has 0 N–H and O–H groups in total. The monoisotopic (exact) mass is 378 g/mol. The lowest BCUT2D eigenvalue weighted by Gasteiger charge is -2.19. The second kappa shape index (κ2) is 7.97. The molecule has 0 unspecified atom stereocenters. The van der Waals surface area contributed by atoms with E-state index in [1.807, 2.05) is 68.8 Å². The third-order valence-electron chi connectivity index (χ3n) is 4.49. The van der Waals surface area contributed by atoms with Gasteiger partial charge in [-0.05, 0) is 57.0 Å². The summed E-state index contributed by atoms with van der Waals surface area (Å²) in [6.45, 7) is 5.53. The molecule has 0 amide bonds. The molecule has 0 radical (unpaired) electrons. The van der Waals surface area contributed by atoms with Crippen LogP contribution >= 0.6 is 0 Å². The van der Waals surface area contributed by atoms with E-state index >= 15 is 0 Å². The summed E-state index contributed by atoms with van der Waals surface area (Å²) in [5.74, 6) is 0.551. The molecule has 0 spiro atoms. The number of rotatable bonds is 6. The number of aryl methyl sites for hydroxylation is 2. The van der Waals surface area contributed by atoms with E-state index < -0.39 is 5.60 Å². The van der Waals surface area contributed by atoms with Gasteiger partial charge in [-0.2, -0.15) is 0 Å². The first-order chi connectivity index (χ1) is 13.2. The molecule has 2 aromatic carbocycles. The summed E-state index contributed by atoms with van der Waals surface area (Å²) in [6.07, 6.45) is 1.29. The first-order valence-electron chi connectivity index (χ1n) is 9.47. The fourth-order valence-corrected chi connectivity index (χ4v) is 3.09. The average Bonchev–Trinajstić information content (AvgIpc) is 2.95. The van der Waals surface area contributed by atoms with E-state index in [-0.39, 0.29) is 11.8 Å². The van der Waals surface area contributed by atoms with Crippen LogP contribution in [0.1, 0.15) is 48.9 Å². The molecule has 3 rings (SSSR count). The topological polar surface area (TPSA) is 61.2 Å². The molecule has 0 saturated carbocycles. The summed E-state index contributed by atoms with van der Waals surface area (Å²) < 4.78 is 7.38. The number of hydrogen-bond donors (Lipinski definition) is 0. The number of aromatic nitrogens is 2. The largest absolute Gasteiger partial charge is 0.456 e. The van der Waals surface area contributed by atoms with Crippen LogP contribution in [0.15, 0.2) is 48.5 Å². The summed E-state index contributed by atoms with van der Waals surface area (Å²) >= 11 is 0. The molecule has 1 aromatic heterocycles. The van der Waals surface area contributed by atoms with Gasteiger partial charge in [0, 0.05) is 13.5 Å². The molecule has 0 aliphatic rings. The van der Waals surface area contributed by atoms with Crippen molar-refractivity contribution in [2.75, 3.05) is 0 Å². The van der Waals surface area contributed by atoms with E-state index in [1.165, 1.54) is 0 Å². The van der Waals surface area contributed by atoms with Crippen LogP contribution in [0.2, 0.25) is 0 Å². The molecule has 28 heavy (non-hydrogen) atoms. The minimum Gasteiger partial charge on any atom is -0.456 e. The number of imidazole rings is 1. The van der Waals surface area contributed by atoms with Gasteiger partial charge in [-0.25, -0.2) is 9.78 Å². The second-order valence-electron chi connectivity index (χ2n) is 7.99. The maximum Gasteiger partial charge on any atom is 0.338 e. The van der Waals surface area contributed by atoms with E-state index in [1.54, 1.807) is 12.1 Å². The highest BCUT2D eigenvalue weighted by atomic mass is 16.6. The number of ketones is 1. The van der Waals surface area contributed by atoms with Crippen molar-refractivity contribution in [3.8, 4) is 0 Å². The molecule has 5 heteroatoms. The standard InChI is InChI=1S/C23H26N2O3/c1-23(2,3)28-22(27)17-9-7-8-16(14-17)12-13-18(26)15-21-24-19-10-5-6-11-20(19)25(21)4/h5-11,14H,12-13,15H2,1-4H3. The number of hydrogen-bond acceptors (Lipinski definition) is 4. The molecule has 5 nitrogen and oxygen atoms in total. The van der Waals surface area contributed by atoms with Crippen LogP contribution in [0.25, 0.3) is 11.0 Å². The summed E-state index contributed by atoms with van der Waals surface area (Å²) in [6, 6.07) is 15.1. The molecule has 0 bridgehead atoms. The van der Waals surface area contributed by atoms with Crippen molar-refractivity contribution in [1.82, 2.24) is 9.55 Å².